The van der Waals surface area contributed by atoms with E-state index in [1.54, 1.807) is 30.3 Å². The molecule has 0 aliphatic heterocycles. The number of rotatable bonds is 6. The first-order valence-electron chi connectivity index (χ1n) is 7.61. The quantitative estimate of drug-likeness (QED) is 0.786. The number of carbonyl (C=O) groups excluding carboxylic acids is 1. The van der Waals surface area contributed by atoms with Crippen LogP contribution in [0.15, 0.2) is 36.4 Å². The zero-order valence-electron chi connectivity index (χ0n) is 14.1. The first kappa shape index (κ1) is 18.1. The van der Waals surface area contributed by atoms with Gasteiger partial charge in [-0.25, -0.2) is 0 Å². The van der Waals surface area contributed by atoms with E-state index in [0.29, 0.717) is 34.3 Å². The van der Waals surface area contributed by atoms with Crippen LogP contribution in [0.1, 0.15) is 15.9 Å². The number of anilines is 2. The van der Waals surface area contributed by atoms with Crippen LogP contribution in [0.4, 0.5) is 11.4 Å². The van der Waals surface area contributed by atoms with Crippen LogP contribution in [0.5, 0.6) is 5.75 Å². The monoisotopic (exact) mass is 347 g/mol. The van der Waals surface area contributed by atoms with Gasteiger partial charge in [-0.15, -0.1) is 0 Å². The fourth-order valence-electron chi connectivity index (χ4n) is 2.12. The van der Waals surface area contributed by atoms with E-state index < -0.39 is 0 Å². The summed E-state index contributed by atoms with van der Waals surface area (Å²) < 4.78 is 5.62. The van der Waals surface area contributed by atoms with Gasteiger partial charge in [-0.05, 0) is 56.9 Å². The van der Waals surface area contributed by atoms with Crippen LogP contribution < -0.4 is 15.8 Å². The van der Waals surface area contributed by atoms with Crippen LogP contribution in [0.3, 0.4) is 0 Å². The van der Waals surface area contributed by atoms with Crippen molar-refractivity contribution in [1.29, 1.82) is 0 Å². The number of nitrogens with one attached hydrogen (secondary N) is 1. The Morgan fingerprint density at radius 3 is 2.67 bits per heavy atom. The topological polar surface area (TPSA) is 67.6 Å². The number of likely N-dealkylation sites (N-methyl/N-ethyl adjacent to an activating group) is 1. The van der Waals surface area contributed by atoms with Gasteiger partial charge in [0.05, 0.1) is 5.02 Å². The smallest absolute Gasteiger partial charge is 0.256 e. The number of nitrogens with two attached hydrogens (primary N) is 1. The summed E-state index contributed by atoms with van der Waals surface area (Å²) in [7, 11) is 3.95. The molecule has 0 saturated heterocycles. The standard InChI is InChI=1S/C18H22ClN3O2/c1-12-4-5-13(20)10-15(12)18(23)21-14-6-7-17(16(19)11-14)24-9-8-22(2)3/h4-7,10-11H,8-9,20H2,1-3H3,(H,21,23). The highest BCUT2D eigenvalue weighted by atomic mass is 35.5. The van der Waals surface area contributed by atoms with Crippen LogP contribution in [0.25, 0.3) is 0 Å². The number of carbonyl (C=O) groups is 1. The molecule has 2 aromatic rings. The number of amides is 1. The third-order valence-corrected chi connectivity index (χ3v) is 3.79. The Balaban J connectivity index is 2.06. The summed E-state index contributed by atoms with van der Waals surface area (Å²) in [5.41, 5.74) is 8.30. The number of hydrogen-bond donors (Lipinski definition) is 2. The van der Waals surface area contributed by atoms with Crippen molar-refractivity contribution in [3.63, 3.8) is 0 Å². The van der Waals surface area contributed by atoms with E-state index in [1.807, 2.05) is 32.0 Å². The van der Waals surface area contributed by atoms with Gasteiger partial charge in [0.1, 0.15) is 12.4 Å². The molecule has 2 rings (SSSR count). The van der Waals surface area contributed by atoms with Gasteiger partial charge in [-0.3, -0.25) is 4.79 Å². The largest absolute Gasteiger partial charge is 0.491 e. The number of halogens is 1. The number of hydrogen-bond acceptors (Lipinski definition) is 4. The molecule has 0 aliphatic rings. The lowest BCUT2D eigenvalue weighted by molar-refractivity contribution is 0.102. The van der Waals surface area contributed by atoms with Crippen LogP contribution in [-0.4, -0.2) is 38.1 Å². The van der Waals surface area contributed by atoms with E-state index in [4.69, 9.17) is 22.1 Å². The Labute approximate surface area is 147 Å². The average molecular weight is 348 g/mol. The van der Waals surface area contributed by atoms with Crippen LogP contribution >= 0.6 is 11.6 Å². The van der Waals surface area contributed by atoms with Gasteiger partial charge in [0.2, 0.25) is 0 Å². The molecule has 0 atom stereocenters. The maximum atomic E-state index is 12.4. The van der Waals surface area contributed by atoms with Crippen molar-refractivity contribution >= 4 is 28.9 Å². The van der Waals surface area contributed by atoms with Crippen LogP contribution in [0, 0.1) is 6.92 Å². The van der Waals surface area contributed by atoms with E-state index in [1.165, 1.54) is 0 Å². The van der Waals surface area contributed by atoms with Gasteiger partial charge in [0.15, 0.2) is 0 Å². The minimum atomic E-state index is -0.225. The first-order chi connectivity index (χ1) is 11.4. The molecule has 0 heterocycles. The molecular weight excluding hydrogens is 326 g/mol. The Hall–Kier alpha value is -2.24. The van der Waals surface area contributed by atoms with Crippen molar-refractivity contribution in [3.8, 4) is 5.75 Å². The van der Waals surface area contributed by atoms with Gasteiger partial charge in [0.25, 0.3) is 5.91 Å². The lowest BCUT2D eigenvalue weighted by atomic mass is 10.1. The summed E-state index contributed by atoms with van der Waals surface area (Å²) in [6.07, 6.45) is 0. The Morgan fingerprint density at radius 1 is 1.25 bits per heavy atom. The van der Waals surface area contributed by atoms with Crippen molar-refractivity contribution in [2.24, 2.45) is 0 Å². The van der Waals surface area contributed by atoms with Crippen molar-refractivity contribution in [3.05, 3.63) is 52.5 Å². The highest BCUT2D eigenvalue weighted by Crippen LogP contribution is 2.28. The molecule has 2 aromatic carbocycles. The molecule has 24 heavy (non-hydrogen) atoms. The third kappa shape index (κ3) is 4.88. The fourth-order valence-corrected chi connectivity index (χ4v) is 2.35. The van der Waals surface area contributed by atoms with Crippen LogP contribution in [0.2, 0.25) is 5.02 Å². The molecule has 3 N–H and O–H groups in total. The molecule has 0 spiro atoms. The first-order valence-corrected chi connectivity index (χ1v) is 7.99. The second-order valence-electron chi connectivity index (χ2n) is 5.83. The SMILES string of the molecule is Cc1ccc(N)cc1C(=O)Nc1ccc(OCCN(C)C)c(Cl)c1. The molecule has 0 aromatic heterocycles. The van der Waals surface area contributed by atoms with Crippen molar-refractivity contribution in [2.45, 2.75) is 6.92 Å². The van der Waals surface area contributed by atoms with E-state index in [-0.39, 0.29) is 5.91 Å². The number of nitrogens with zero attached hydrogens (tertiary/aromatic N) is 1. The van der Waals surface area contributed by atoms with E-state index >= 15 is 0 Å². The lowest BCUT2D eigenvalue weighted by Gasteiger charge is -2.13. The molecule has 0 bridgehead atoms. The molecule has 0 radical (unpaired) electrons. The van der Waals surface area contributed by atoms with Gasteiger partial charge in [0, 0.05) is 23.5 Å². The zero-order valence-corrected chi connectivity index (χ0v) is 14.9. The minimum Gasteiger partial charge on any atom is -0.491 e. The molecule has 0 unspecified atom stereocenters. The summed E-state index contributed by atoms with van der Waals surface area (Å²) in [5, 5.41) is 3.28. The van der Waals surface area contributed by atoms with Crippen molar-refractivity contribution < 1.29 is 9.53 Å². The summed E-state index contributed by atoms with van der Waals surface area (Å²) in [4.78, 5) is 14.4. The predicted molar refractivity (Wildman–Crippen MR) is 99.0 cm³/mol. The summed E-state index contributed by atoms with van der Waals surface area (Å²) in [6.45, 7) is 3.20. The number of ether oxygens (including phenoxy) is 1. The van der Waals surface area contributed by atoms with Gasteiger partial charge >= 0.3 is 0 Å². The van der Waals surface area contributed by atoms with E-state index in [2.05, 4.69) is 5.32 Å². The Kier molecular flexibility index (Phi) is 6.06. The average Bonchev–Trinajstić information content (AvgIpc) is 2.51. The fraction of sp³-hybridized carbons (Fsp3) is 0.278. The second-order valence-corrected chi connectivity index (χ2v) is 6.23. The lowest BCUT2D eigenvalue weighted by Crippen LogP contribution is -2.19. The Morgan fingerprint density at radius 2 is 2.00 bits per heavy atom. The molecule has 0 saturated carbocycles. The van der Waals surface area contributed by atoms with Gasteiger partial charge in [-0.2, -0.15) is 0 Å². The summed E-state index contributed by atoms with van der Waals surface area (Å²) >= 11 is 6.22. The molecule has 0 aliphatic carbocycles. The molecule has 1 amide bonds. The van der Waals surface area contributed by atoms with Crippen molar-refractivity contribution in [2.75, 3.05) is 38.3 Å². The molecule has 128 valence electrons. The third-order valence-electron chi connectivity index (χ3n) is 3.49. The number of benzene rings is 2. The molecular formula is C18H22ClN3O2. The van der Waals surface area contributed by atoms with Gasteiger partial charge in [-0.1, -0.05) is 17.7 Å². The van der Waals surface area contributed by atoms with Crippen LogP contribution in [-0.2, 0) is 0 Å². The highest BCUT2D eigenvalue weighted by Gasteiger charge is 2.11. The zero-order chi connectivity index (χ0) is 17.7. The van der Waals surface area contributed by atoms with Crippen molar-refractivity contribution in [1.82, 2.24) is 4.90 Å². The number of aryl methyl sites for hydroxylation is 1. The number of nitrogen functional groups attached to an aromatic ring is 1. The highest BCUT2D eigenvalue weighted by molar-refractivity contribution is 6.32. The predicted octanol–water partition coefficient (Wildman–Crippen LogP) is 3.42. The second kappa shape index (κ2) is 8.04. The normalized spacial score (nSPS) is 10.7. The van der Waals surface area contributed by atoms with Gasteiger partial charge < -0.3 is 20.7 Å². The molecule has 0 fully saturated rings. The maximum Gasteiger partial charge on any atom is 0.256 e. The van der Waals surface area contributed by atoms with E-state index in [0.717, 1.165) is 12.1 Å². The summed E-state index contributed by atoms with van der Waals surface area (Å²) in [6, 6.07) is 10.4. The molecule has 6 heteroatoms. The minimum absolute atomic E-state index is 0.225. The maximum absolute atomic E-state index is 12.4. The Bertz CT molecular complexity index is 732. The molecule has 5 nitrogen and oxygen atoms in total. The summed E-state index contributed by atoms with van der Waals surface area (Å²) in [5.74, 6) is 0.369. The van der Waals surface area contributed by atoms with E-state index in [9.17, 15) is 4.79 Å².